The highest BCUT2D eigenvalue weighted by Crippen LogP contribution is 2.28. The van der Waals surface area contributed by atoms with Crippen LogP contribution in [0.2, 0.25) is 5.15 Å². The first-order chi connectivity index (χ1) is 9.90. The Morgan fingerprint density at radius 2 is 2.19 bits per heavy atom. The van der Waals surface area contributed by atoms with Crippen LogP contribution in [-0.2, 0) is 9.47 Å². The number of rotatable bonds is 3. The summed E-state index contributed by atoms with van der Waals surface area (Å²) in [6.07, 6.45) is -4.19. The van der Waals surface area contributed by atoms with E-state index >= 15 is 0 Å². The molecule has 0 aliphatic carbocycles. The second kappa shape index (κ2) is 6.08. The van der Waals surface area contributed by atoms with E-state index in [9.17, 15) is 19.8 Å². The van der Waals surface area contributed by atoms with Gasteiger partial charge in [0.2, 0.25) is 5.69 Å². The van der Waals surface area contributed by atoms with Crippen molar-refractivity contribution in [3.05, 3.63) is 27.4 Å². The Morgan fingerprint density at radius 1 is 1.52 bits per heavy atom. The Bertz CT molecular complexity index is 605. The lowest BCUT2D eigenvalue weighted by Crippen LogP contribution is -2.37. The molecule has 3 N–H and O–H groups in total. The van der Waals surface area contributed by atoms with Crippen molar-refractivity contribution in [3.8, 4) is 0 Å². The number of esters is 1. The number of ether oxygens (including phenoxy) is 2. The minimum absolute atomic E-state index is 0.201. The van der Waals surface area contributed by atoms with Gasteiger partial charge in [0.15, 0.2) is 6.23 Å². The summed E-state index contributed by atoms with van der Waals surface area (Å²) in [7, 11) is 1.07. The van der Waals surface area contributed by atoms with Crippen LogP contribution in [0.3, 0.4) is 0 Å². The summed E-state index contributed by atoms with van der Waals surface area (Å²) in [5.74, 6) is -0.997. The van der Waals surface area contributed by atoms with Crippen LogP contribution in [0, 0.1) is 0 Å². The van der Waals surface area contributed by atoms with Gasteiger partial charge in [-0.05, 0) is 0 Å². The molecule has 0 unspecified atom stereocenters. The molecule has 1 aromatic heterocycles. The molecule has 4 atom stereocenters. The number of nitrogens with zero attached hydrogens (tertiary/aromatic N) is 2. The summed E-state index contributed by atoms with van der Waals surface area (Å²) in [5.41, 5.74) is -1.48. The van der Waals surface area contributed by atoms with Crippen LogP contribution in [0.4, 0.5) is 0 Å². The highest BCUT2D eigenvalue weighted by molar-refractivity contribution is 6.29. The van der Waals surface area contributed by atoms with Crippen LogP contribution in [0.15, 0.2) is 11.0 Å². The molecule has 0 bridgehead atoms. The molecule has 0 aromatic carbocycles. The number of carbonyl (C=O) groups is 1. The normalized spacial score (nSPS) is 28.6. The molecule has 0 saturated carbocycles. The van der Waals surface area contributed by atoms with Crippen molar-refractivity contribution in [2.45, 2.75) is 24.5 Å². The standard InChI is InChI=1S/C11H13ClN2O7/c1-20-11(19)6-9(18)14(2-5(12)13-6)10-8(17)7(16)4(3-15)21-10/h2,4,7-8,10,15-17H,3H2,1H3/t4-,7+,8-,10+/m0/s1. The van der Waals surface area contributed by atoms with E-state index in [2.05, 4.69) is 9.72 Å². The van der Waals surface area contributed by atoms with Crippen molar-refractivity contribution >= 4 is 17.6 Å². The summed E-state index contributed by atoms with van der Waals surface area (Å²) in [6, 6.07) is 0. The molecule has 2 heterocycles. The summed E-state index contributed by atoms with van der Waals surface area (Å²) >= 11 is 5.73. The van der Waals surface area contributed by atoms with Gasteiger partial charge in [-0.25, -0.2) is 9.78 Å². The first-order valence-electron chi connectivity index (χ1n) is 5.90. The minimum atomic E-state index is -1.48. The Balaban J connectivity index is 2.48. The lowest BCUT2D eigenvalue weighted by molar-refractivity contribution is -0.0546. The second-order valence-electron chi connectivity index (χ2n) is 4.35. The maximum Gasteiger partial charge on any atom is 0.362 e. The topological polar surface area (TPSA) is 131 Å². The third-order valence-corrected chi connectivity index (χ3v) is 3.25. The first-order valence-corrected chi connectivity index (χ1v) is 6.28. The Labute approximate surface area is 123 Å². The number of aliphatic hydroxyl groups is 3. The molecule has 1 aliphatic rings. The molecule has 9 nitrogen and oxygen atoms in total. The molecule has 2 rings (SSSR count). The third-order valence-electron chi connectivity index (χ3n) is 3.07. The van der Waals surface area contributed by atoms with E-state index in [-0.39, 0.29) is 5.15 Å². The van der Waals surface area contributed by atoms with Gasteiger partial charge in [-0.1, -0.05) is 11.6 Å². The number of methoxy groups -OCH3 is 1. The van der Waals surface area contributed by atoms with Gasteiger partial charge in [0.25, 0.3) is 5.56 Å². The van der Waals surface area contributed by atoms with Crippen molar-refractivity contribution in [2.24, 2.45) is 0 Å². The minimum Gasteiger partial charge on any atom is -0.464 e. The van der Waals surface area contributed by atoms with Crippen molar-refractivity contribution < 1.29 is 29.6 Å². The molecule has 21 heavy (non-hydrogen) atoms. The van der Waals surface area contributed by atoms with E-state index < -0.39 is 48.4 Å². The first kappa shape index (κ1) is 15.9. The monoisotopic (exact) mass is 320 g/mol. The fourth-order valence-electron chi connectivity index (χ4n) is 2.01. The number of aromatic nitrogens is 2. The van der Waals surface area contributed by atoms with Crippen LogP contribution in [0.5, 0.6) is 0 Å². The number of aliphatic hydroxyl groups excluding tert-OH is 3. The van der Waals surface area contributed by atoms with Gasteiger partial charge in [0.05, 0.1) is 13.7 Å². The second-order valence-corrected chi connectivity index (χ2v) is 4.73. The van der Waals surface area contributed by atoms with Crippen LogP contribution in [-0.4, -0.2) is 62.9 Å². The highest BCUT2D eigenvalue weighted by atomic mass is 35.5. The molecule has 0 radical (unpaired) electrons. The number of halogens is 1. The van der Waals surface area contributed by atoms with E-state index in [0.717, 1.165) is 17.9 Å². The van der Waals surface area contributed by atoms with Gasteiger partial charge in [-0.15, -0.1) is 0 Å². The van der Waals surface area contributed by atoms with Crippen molar-refractivity contribution in [1.29, 1.82) is 0 Å². The van der Waals surface area contributed by atoms with E-state index in [1.807, 2.05) is 0 Å². The fraction of sp³-hybridized carbons (Fsp3) is 0.545. The Kier molecular flexibility index (Phi) is 4.59. The van der Waals surface area contributed by atoms with Crippen LogP contribution >= 0.6 is 11.6 Å². The fourth-order valence-corrected chi connectivity index (χ4v) is 2.20. The summed E-state index contributed by atoms with van der Waals surface area (Å²) in [5, 5.41) is 28.4. The van der Waals surface area contributed by atoms with Crippen LogP contribution in [0.1, 0.15) is 16.7 Å². The molecule has 0 spiro atoms. The summed E-state index contributed by atoms with van der Waals surface area (Å²) < 4.78 is 10.4. The van der Waals surface area contributed by atoms with Gasteiger partial charge in [0.1, 0.15) is 23.5 Å². The van der Waals surface area contributed by atoms with E-state index in [1.165, 1.54) is 0 Å². The molecule has 1 saturated heterocycles. The number of carbonyl (C=O) groups excluding carboxylic acids is 1. The maximum absolute atomic E-state index is 12.2. The van der Waals surface area contributed by atoms with Crippen LogP contribution < -0.4 is 5.56 Å². The SMILES string of the molecule is COC(=O)c1nc(Cl)cn([C@@H]2O[C@@H](CO)[C@@H](O)[C@@H]2O)c1=O. The summed E-state index contributed by atoms with van der Waals surface area (Å²) in [6.45, 7) is -0.549. The highest BCUT2D eigenvalue weighted by Gasteiger charge is 2.44. The lowest BCUT2D eigenvalue weighted by Gasteiger charge is -2.18. The summed E-state index contributed by atoms with van der Waals surface area (Å²) in [4.78, 5) is 27.2. The zero-order valence-corrected chi connectivity index (χ0v) is 11.6. The van der Waals surface area contributed by atoms with Gasteiger partial charge < -0.3 is 24.8 Å². The number of hydrogen-bond acceptors (Lipinski definition) is 8. The lowest BCUT2D eigenvalue weighted by atomic mass is 10.1. The zero-order valence-electron chi connectivity index (χ0n) is 10.8. The molecule has 116 valence electrons. The molecule has 1 aliphatic heterocycles. The molecule has 10 heteroatoms. The Hall–Kier alpha value is -1.52. The molecular weight excluding hydrogens is 308 g/mol. The van der Waals surface area contributed by atoms with E-state index in [1.54, 1.807) is 0 Å². The average Bonchev–Trinajstić information content (AvgIpc) is 2.76. The molecular formula is C11H13ClN2O7. The Morgan fingerprint density at radius 3 is 2.71 bits per heavy atom. The molecule has 1 fully saturated rings. The average molecular weight is 321 g/mol. The van der Waals surface area contributed by atoms with Crippen molar-refractivity contribution in [3.63, 3.8) is 0 Å². The zero-order chi connectivity index (χ0) is 15.7. The predicted molar refractivity (Wildman–Crippen MR) is 67.9 cm³/mol. The quantitative estimate of drug-likeness (QED) is 0.561. The predicted octanol–water partition coefficient (Wildman–Crippen LogP) is -1.71. The molecule has 0 amide bonds. The van der Waals surface area contributed by atoms with Gasteiger partial charge >= 0.3 is 5.97 Å². The maximum atomic E-state index is 12.2. The van der Waals surface area contributed by atoms with E-state index in [4.69, 9.17) is 21.4 Å². The van der Waals surface area contributed by atoms with Gasteiger partial charge in [-0.3, -0.25) is 9.36 Å². The van der Waals surface area contributed by atoms with Gasteiger partial charge in [-0.2, -0.15) is 0 Å². The number of hydrogen-bond donors (Lipinski definition) is 3. The third kappa shape index (κ3) is 2.78. The smallest absolute Gasteiger partial charge is 0.362 e. The van der Waals surface area contributed by atoms with Crippen molar-refractivity contribution in [1.82, 2.24) is 9.55 Å². The molecule has 1 aromatic rings. The van der Waals surface area contributed by atoms with Crippen LogP contribution in [0.25, 0.3) is 0 Å². The van der Waals surface area contributed by atoms with Crippen molar-refractivity contribution in [2.75, 3.05) is 13.7 Å². The van der Waals surface area contributed by atoms with E-state index in [0.29, 0.717) is 0 Å². The van der Waals surface area contributed by atoms with Gasteiger partial charge in [0, 0.05) is 6.20 Å². The largest absolute Gasteiger partial charge is 0.464 e.